The first-order valence-corrected chi connectivity index (χ1v) is 8.67. The molecule has 2 heterocycles. The first-order chi connectivity index (χ1) is 10.9. The van der Waals surface area contributed by atoms with Gasteiger partial charge in [-0.2, -0.15) is 0 Å². The van der Waals surface area contributed by atoms with Gasteiger partial charge >= 0.3 is 0 Å². The number of amides is 2. The molecule has 1 aliphatic rings. The van der Waals surface area contributed by atoms with E-state index >= 15 is 0 Å². The zero-order valence-electron chi connectivity index (χ0n) is 13.8. The quantitative estimate of drug-likeness (QED) is 0.767. The van der Waals surface area contributed by atoms with Crippen molar-refractivity contribution in [1.29, 1.82) is 0 Å². The van der Waals surface area contributed by atoms with E-state index in [2.05, 4.69) is 10.3 Å². The predicted molar refractivity (Wildman–Crippen MR) is 89.7 cm³/mol. The van der Waals surface area contributed by atoms with Gasteiger partial charge < -0.3 is 15.8 Å². The van der Waals surface area contributed by atoms with E-state index in [0.717, 1.165) is 36.3 Å². The molecule has 0 saturated carbocycles. The fraction of sp³-hybridized carbons (Fsp3) is 0.562. The predicted octanol–water partition coefficient (Wildman–Crippen LogP) is 1.49. The maximum atomic E-state index is 12.0. The number of nitrogens with two attached hydrogens (primary N) is 1. The fourth-order valence-electron chi connectivity index (χ4n) is 2.52. The minimum Gasteiger partial charge on any atom is -0.376 e. The monoisotopic (exact) mass is 337 g/mol. The molecule has 3 N–H and O–H groups in total. The second-order valence-electron chi connectivity index (χ2n) is 5.72. The van der Waals surface area contributed by atoms with E-state index in [1.54, 1.807) is 0 Å². The molecule has 0 radical (unpaired) electrons. The Labute approximate surface area is 140 Å². The highest BCUT2D eigenvalue weighted by Gasteiger charge is 2.19. The van der Waals surface area contributed by atoms with Crippen molar-refractivity contribution in [1.82, 2.24) is 10.3 Å². The molecule has 1 aromatic rings. The van der Waals surface area contributed by atoms with E-state index in [4.69, 9.17) is 10.5 Å². The summed E-state index contributed by atoms with van der Waals surface area (Å²) in [6.07, 6.45) is 2.15. The first kappa shape index (κ1) is 17.7. The highest BCUT2D eigenvalue weighted by Crippen LogP contribution is 2.26. The molecule has 1 saturated heterocycles. The van der Waals surface area contributed by atoms with Crippen molar-refractivity contribution < 1.29 is 14.3 Å². The summed E-state index contributed by atoms with van der Waals surface area (Å²) in [7, 11) is 0. The molecule has 7 heteroatoms. The standard InChI is InChI=1S/C16H23N3O3S/c1-9-10(2)14(15(17)21)16(19-11(9)3)23-8-13(20)18-7-12-5-4-6-22-12/h12H,4-8H2,1-3H3,(H2,17,21)(H,18,20)/t12-/m0/s1. The molecule has 1 fully saturated rings. The second kappa shape index (κ2) is 7.79. The number of nitrogens with zero attached hydrogens (tertiary/aromatic N) is 1. The lowest BCUT2D eigenvalue weighted by Crippen LogP contribution is -2.33. The number of carbonyl (C=O) groups is 2. The molecule has 126 valence electrons. The zero-order chi connectivity index (χ0) is 17.0. The molecule has 2 amide bonds. The molecular weight excluding hydrogens is 314 g/mol. The molecule has 1 aliphatic heterocycles. The van der Waals surface area contributed by atoms with Gasteiger partial charge in [-0.15, -0.1) is 0 Å². The van der Waals surface area contributed by atoms with Gasteiger partial charge in [0.15, 0.2) is 0 Å². The maximum absolute atomic E-state index is 12.0. The van der Waals surface area contributed by atoms with Crippen LogP contribution in [0.2, 0.25) is 0 Å². The Kier molecular flexibility index (Phi) is 6.01. The Hall–Kier alpha value is -1.60. The van der Waals surface area contributed by atoms with Crippen LogP contribution in [0.1, 0.15) is 40.0 Å². The molecule has 23 heavy (non-hydrogen) atoms. The maximum Gasteiger partial charge on any atom is 0.251 e. The Balaban J connectivity index is 1.99. The number of aryl methyl sites for hydroxylation is 1. The van der Waals surface area contributed by atoms with Crippen LogP contribution in [-0.2, 0) is 9.53 Å². The van der Waals surface area contributed by atoms with Gasteiger partial charge in [-0.1, -0.05) is 11.8 Å². The van der Waals surface area contributed by atoms with Crippen molar-refractivity contribution in [3.8, 4) is 0 Å². The van der Waals surface area contributed by atoms with Gasteiger partial charge in [0.1, 0.15) is 5.03 Å². The summed E-state index contributed by atoms with van der Waals surface area (Å²) in [6, 6.07) is 0. The van der Waals surface area contributed by atoms with Gasteiger partial charge in [0.25, 0.3) is 5.91 Å². The Morgan fingerprint density at radius 2 is 2.09 bits per heavy atom. The second-order valence-corrected chi connectivity index (χ2v) is 6.68. The SMILES string of the molecule is Cc1nc(SCC(=O)NC[C@@H]2CCCO2)c(C(N)=O)c(C)c1C. The van der Waals surface area contributed by atoms with E-state index in [1.807, 2.05) is 20.8 Å². The summed E-state index contributed by atoms with van der Waals surface area (Å²) < 4.78 is 5.47. The largest absolute Gasteiger partial charge is 0.376 e. The minimum atomic E-state index is -0.514. The summed E-state index contributed by atoms with van der Waals surface area (Å²) >= 11 is 1.24. The van der Waals surface area contributed by atoms with Gasteiger partial charge in [0.05, 0.1) is 17.4 Å². The number of thioether (sulfide) groups is 1. The molecular formula is C16H23N3O3S. The van der Waals surface area contributed by atoms with Crippen LogP contribution in [0, 0.1) is 20.8 Å². The molecule has 1 aromatic heterocycles. The lowest BCUT2D eigenvalue weighted by atomic mass is 10.0. The van der Waals surface area contributed by atoms with Crippen LogP contribution in [0.15, 0.2) is 5.03 Å². The van der Waals surface area contributed by atoms with E-state index < -0.39 is 5.91 Å². The van der Waals surface area contributed by atoms with E-state index in [1.165, 1.54) is 11.8 Å². The van der Waals surface area contributed by atoms with Crippen LogP contribution in [0.25, 0.3) is 0 Å². The number of rotatable bonds is 6. The number of nitrogens with one attached hydrogen (secondary N) is 1. The molecule has 0 spiro atoms. The van der Waals surface area contributed by atoms with Crippen LogP contribution >= 0.6 is 11.8 Å². The molecule has 0 unspecified atom stereocenters. The summed E-state index contributed by atoms with van der Waals surface area (Å²) in [6.45, 7) is 6.94. The highest BCUT2D eigenvalue weighted by atomic mass is 32.2. The molecule has 0 aromatic carbocycles. The normalized spacial score (nSPS) is 17.3. The van der Waals surface area contributed by atoms with Gasteiger partial charge in [-0.05, 0) is 44.7 Å². The lowest BCUT2D eigenvalue weighted by molar-refractivity contribution is -0.119. The number of carbonyl (C=O) groups excluding carboxylic acids is 2. The van der Waals surface area contributed by atoms with E-state index in [9.17, 15) is 9.59 Å². The summed E-state index contributed by atoms with van der Waals surface area (Å²) in [4.78, 5) is 28.1. The number of ether oxygens (including phenoxy) is 1. The third kappa shape index (κ3) is 4.45. The smallest absolute Gasteiger partial charge is 0.251 e. The van der Waals surface area contributed by atoms with Crippen molar-refractivity contribution in [2.75, 3.05) is 18.9 Å². The van der Waals surface area contributed by atoms with Crippen LogP contribution in [0.5, 0.6) is 0 Å². The van der Waals surface area contributed by atoms with Crippen LogP contribution in [-0.4, -0.2) is 41.8 Å². The van der Waals surface area contributed by atoms with E-state index in [-0.39, 0.29) is 17.8 Å². The number of primary amides is 1. The Morgan fingerprint density at radius 3 is 2.70 bits per heavy atom. The average Bonchev–Trinajstić information content (AvgIpc) is 3.01. The first-order valence-electron chi connectivity index (χ1n) is 7.68. The Bertz CT molecular complexity index is 613. The third-order valence-corrected chi connectivity index (χ3v) is 5.08. The highest BCUT2D eigenvalue weighted by molar-refractivity contribution is 8.00. The molecule has 0 aliphatic carbocycles. The molecule has 6 nitrogen and oxygen atoms in total. The zero-order valence-corrected chi connectivity index (χ0v) is 14.6. The summed E-state index contributed by atoms with van der Waals surface area (Å²) in [5, 5.41) is 3.37. The van der Waals surface area contributed by atoms with Gasteiger partial charge in [-0.25, -0.2) is 4.98 Å². The van der Waals surface area contributed by atoms with Gasteiger partial charge in [0, 0.05) is 18.8 Å². The van der Waals surface area contributed by atoms with Crippen molar-refractivity contribution in [3.05, 3.63) is 22.4 Å². The Morgan fingerprint density at radius 1 is 1.35 bits per heavy atom. The van der Waals surface area contributed by atoms with Crippen molar-refractivity contribution in [3.63, 3.8) is 0 Å². The van der Waals surface area contributed by atoms with Crippen molar-refractivity contribution in [2.45, 2.75) is 44.7 Å². The molecule has 2 rings (SSSR count). The third-order valence-electron chi connectivity index (χ3n) is 4.10. The summed E-state index contributed by atoms with van der Waals surface area (Å²) in [5.41, 5.74) is 8.50. The van der Waals surface area contributed by atoms with Crippen molar-refractivity contribution in [2.24, 2.45) is 5.73 Å². The average molecular weight is 337 g/mol. The topological polar surface area (TPSA) is 94.3 Å². The summed E-state index contributed by atoms with van der Waals surface area (Å²) in [5.74, 6) is -0.416. The number of pyridine rings is 1. The van der Waals surface area contributed by atoms with Gasteiger partial charge in [0.2, 0.25) is 5.91 Å². The van der Waals surface area contributed by atoms with Crippen molar-refractivity contribution >= 4 is 23.6 Å². The minimum absolute atomic E-state index is 0.0985. The lowest BCUT2D eigenvalue weighted by Gasteiger charge is -2.14. The number of hydrogen-bond donors (Lipinski definition) is 2. The number of aromatic nitrogens is 1. The van der Waals surface area contributed by atoms with Crippen LogP contribution < -0.4 is 11.1 Å². The van der Waals surface area contributed by atoms with Gasteiger partial charge in [-0.3, -0.25) is 9.59 Å². The molecule has 1 atom stereocenters. The van der Waals surface area contributed by atoms with Crippen LogP contribution in [0.4, 0.5) is 0 Å². The van der Waals surface area contributed by atoms with E-state index in [0.29, 0.717) is 17.1 Å². The fourth-order valence-corrected chi connectivity index (χ4v) is 3.49. The number of hydrogen-bond acceptors (Lipinski definition) is 5. The van der Waals surface area contributed by atoms with Crippen LogP contribution in [0.3, 0.4) is 0 Å². The molecule has 0 bridgehead atoms.